The van der Waals surface area contributed by atoms with Crippen LogP contribution in [0.3, 0.4) is 0 Å². The number of carbonyl (C=O) groups excluding carboxylic acids is 2. The monoisotopic (exact) mass is 480 g/mol. The van der Waals surface area contributed by atoms with Gasteiger partial charge in [0.2, 0.25) is 0 Å². The molecule has 2 saturated heterocycles. The number of carbonyl (C=O) groups is 3. The number of nitrogens with one attached hydrogen (secondary N) is 1. The highest BCUT2D eigenvalue weighted by Gasteiger charge is 2.40. The van der Waals surface area contributed by atoms with Crippen LogP contribution >= 0.6 is 0 Å². The molecule has 5 rings (SSSR count). The van der Waals surface area contributed by atoms with Crippen molar-refractivity contribution in [3.8, 4) is 11.1 Å². The first-order valence-electron chi connectivity index (χ1n) is 11.9. The summed E-state index contributed by atoms with van der Waals surface area (Å²) in [4.78, 5) is 38.3. The third kappa shape index (κ3) is 4.87. The predicted molar refractivity (Wildman–Crippen MR) is 125 cm³/mol. The van der Waals surface area contributed by atoms with Crippen molar-refractivity contribution in [2.75, 3.05) is 32.9 Å². The number of hydrogen-bond donors (Lipinski definition) is 2. The number of benzene rings is 2. The average Bonchev–Trinajstić information content (AvgIpc) is 3.44. The molecule has 0 spiro atoms. The number of morpholine rings is 1. The first-order chi connectivity index (χ1) is 17.0. The molecule has 9 heteroatoms. The van der Waals surface area contributed by atoms with Crippen LogP contribution < -0.4 is 5.32 Å². The number of hydrogen-bond acceptors (Lipinski definition) is 6. The molecule has 2 aliphatic heterocycles. The fourth-order valence-electron chi connectivity index (χ4n) is 5.19. The number of rotatable bonds is 6. The lowest BCUT2D eigenvalue weighted by atomic mass is 9.98. The summed E-state index contributed by atoms with van der Waals surface area (Å²) in [7, 11) is 0. The van der Waals surface area contributed by atoms with Gasteiger partial charge in [-0.05, 0) is 28.7 Å². The normalized spacial score (nSPS) is 23.4. The van der Waals surface area contributed by atoms with Crippen LogP contribution in [0.5, 0.6) is 0 Å². The fraction of sp³-hybridized carbons (Fsp3) is 0.423. The highest BCUT2D eigenvalue weighted by molar-refractivity contribution is 5.83. The molecule has 3 aliphatic rings. The SMILES string of the molecule is O=C(O)CC1CN(C(=O)[C@H]2OCC[C@H]2NC(=O)OCC2c3ccccc3-c3ccccc32)CCO1. The Morgan fingerprint density at radius 2 is 1.69 bits per heavy atom. The fourth-order valence-corrected chi connectivity index (χ4v) is 5.19. The number of alkyl carbamates (subject to hydrolysis) is 1. The molecule has 2 amide bonds. The van der Waals surface area contributed by atoms with Crippen LogP contribution in [0.25, 0.3) is 11.1 Å². The summed E-state index contributed by atoms with van der Waals surface area (Å²) in [6, 6.07) is 15.7. The number of nitrogens with zero attached hydrogens (tertiary/aromatic N) is 1. The highest BCUT2D eigenvalue weighted by atomic mass is 16.6. The Labute approximate surface area is 203 Å². The van der Waals surface area contributed by atoms with E-state index < -0.39 is 30.3 Å². The van der Waals surface area contributed by atoms with Gasteiger partial charge in [0.25, 0.3) is 5.91 Å². The third-order valence-corrected chi connectivity index (χ3v) is 6.83. The van der Waals surface area contributed by atoms with Gasteiger partial charge >= 0.3 is 12.1 Å². The number of fused-ring (bicyclic) bond motifs is 3. The molecule has 2 aromatic carbocycles. The first kappa shape index (κ1) is 23.3. The number of aliphatic carboxylic acids is 1. The van der Waals surface area contributed by atoms with Gasteiger partial charge in [0.1, 0.15) is 6.61 Å². The van der Waals surface area contributed by atoms with E-state index in [4.69, 9.17) is 19.3 Å². The Balaban J connectivity index is 1.19. The average molecular weight is 481 g/mol. The molecule has 0 bridgehead atoms. The summed E-state index contributed by atoms with van der Waals surface area (Å²) in [5.41, 5.74) is 4.56. The standard InChI is InChI=1S/C26H28N2O7/c29-23(30)13-16-14-28(10-12-33-16)25(31)24-22(9-11-34-24)27-26(32)35-15-21-19-7-3-1-5-17(19)18-6-2-4-8-20(18)21/h1-8,16,21-22,24H,9-15H2,(H,27,32)(H,29,30)/t16?,22-,24+/m1/s1. The van der Waals surface area contributed by atoms with E-state index in [1.165, 1.54) is 0 Å². The molecular weight excluding hydrogens is 452 g/mol. The van der Waals surface area contributed by atoms with E-state index in [-0.39, 0.29) is 38.0 Å². The van der Waals surface area contributed by atoms with Crippen LogP contribution in [-0.4, -0.2) is 79.1 Å². The van der Waals surface area contributed by atoms with Gasteiger partial charge in [-0.3, -0.25) is 9.59 Å². The van der Waals surface area contributed by atoms with Gasteiger partial charge in [-0.2, -0.15) is 0 Å². The second-order valence-electron chi connectivity index (χ2n) is 9.03. The minimum atomic E-state index is -0.976. The molecule has 2 heterocycles. The van der Waals surface area contributed by atoms with E-state index in [9.17, 15) is 14.4 Å². The highest BCUT2D eigenvalue weighted by Crippen LogP contribution is 2.44. The molecule has 1 aliphatic carbocycles. The molecule has 9 nitrogen and oxygen atoms in total. The van der Waals surface area contributed by atoms with Gasteiger partial charge in [-0.25, -0.2) is 4.79 Å². The van der Waals surface area contributed by atoms with Gasteiger partial charge in [-0.15, -0.1) is 0 Å². The maximum atomic E-state index is 13.1. The summed E-state index contributed by atoms with van der Waals surface area (Å²) >= 11 is 0. The summed E-state index contributed by atoms with van der Waals surface area (Å²) < 4.78 is 16.7. The zero-order chi connectivity index (χ0) is 24.4. The molecule has 184 valence electrons. The topological polar surface area (TPSA) is 114 Å². The van der Waals surface area contributed by atoms with Gasteiger partial charge < -0.3 is 29.5 Å². The van der Waals surface area contributed by atoms with Crippen molar-refractivity contribution in [2.24, 2.45) is 0 Å². The Morgan fingerprint density at radius 1 is 1.00 bits per heavy atom. The van der Waals surface area contributed by atoms with E-state index in [0.717, 1.165) is 22.3 Å². The lowest BCUT2D eigenvalue weighted by Gasteiger charge is -2.34. The van der Waals surface area contributed by atoms with Crippen LogP contribution in [0.15, 0.2) is 48.5 Å². The van der Waals surface area contributed by atoms with E-state index >= 15 is 0 Å². The number of amides is 2. The lowest BCUT2D eigenvalue weighted by Crippen LogP contribution is -2.54. The lowest BCUT2D eigenvalue weighted by molar-refractivity contribution is -0.153. The van der Waals surface area contributed by atoms with Gasteiger partial charge in [0.05, 0.1) is 25.2 Å². The van der Waals surface area contributed by atoms with E-state index in [1.807, 2.05) is 24.3 Å². The molecule has 0 saturated carbocycles. The zero-order valence-electron chi connectivity index (χ0n) is 19.2. The Hall–Kier alpha value is -3.43. The van der Waals surface area contributed by atoms with Crippen molar-refractivity contribution in [3.05, 3.63) is 59.7 Å². The second-order valence-corrected chi connectivity index (χ2v) is 9.03. The van der Waals surface area contributed by atoms with Crippen molar-refractivity contribution in [1.29, 1.82) is 0 Å². The first-order valence-corrected chi connectivity index (χ1v) is 11.9. The predicted octanol–water partition coefficient (Wildman–Crippen LogP) is 2.38. The zero-order valence-corrected chi connectivity index (χ0v) is 19.2. The Kier molecular flexibility index (Phi) is 6.70. The molecule has 0 radical (unpaired) electrons. The minimum absolute atomic E-state index is 0.0510. The van der Waals surface area contributed by atoms with Crippen molar-refractivity contribution < 1.29 is 33.7 Å². The quantitative estimate of drug-likeness (QED) is 0.653. The maximum absolute atomic E-state index is 13.1. The largest absolute Gasteiger partial charge is 0.481 e. The minimum Gasteiger partial charge on any atom is -0.481 e. The van der Waals surface area contributed by atoms with Crippen LogP contribution in [0.1, 0.15) is 29.9 Å². The molecule has 2 N–H and O–H groups in total. The summed E-state index contributed by atoms with van der Waals surface area (Å²) in [5, 5.41) is 11.8. The molecule has 35 heavy (non-hydrogen) atoms. The summed E-state index contributed by atoms with van der Waals surface area (Å²) in [6.45, 7) is 1.33. The number of carboxylic acids is 1. The van der Waals surface area contributed by atoms with E-state index in [1.54, 1.807) is 4.90 Å². The Morgan fingerprint density at radius 3 is 2.37 bits per heavy atom. The van der Waals surface area contributed by atoms with Gasteiger partial charge in [0.15, 0.2) is 6.10 Å². The molecule has 1 unspecified atom stereocenters. The molecule has 3 atom stereocenters. The van der Waals surface area contributed by atoms with Crippen molar-refractivity contribution >= 4 is 18.0 Å². The third-order valence-electron chi connectivity index (χ3n) is 6.83. The van der Waals surface area contributed by atoms with Gasteiger partial charge in [-0.1, -0.05) is 48.5 Å². The molecule has 2 fully saturated rings. The molecular formula is C26H28N2O7. The number of carboxylic acid groups (broad SMARTS) is 1. The summed E-state index contributed by atoms with van der Waals surface area (Å²) in [5.74, 6) is -1.30. The maximum Gasteiger partial charge on any atom is 0.407 e. The van der Waals surface area contributed by atoms with Crippen LogP contribution in [0.4, 0.5) is 4.79 Å². The van der Waals surface area contributed by atoms with Gasteiger partial charge in [0, 0.05) is 25.6 Å². The van der Waals surface area contributed by atoms with Crippen molar-refractivity contribution in [2.45, 2.75) is 37.0 Å². The van der Waals surface area contributed by atoms with Crippen LogP contribution in [0.2, 0.25) is 0 Å². The number of ether oxygens (including phenoxy) is 3. The smallest absolute Gasteiger partial charge is 0.407 e. The van der Waals surface area contributed by atoms with Crippen LogP contribution in [0, 0.1) is 0 Å². The van der Waals surface area contributed by atoms with Crippen LogP contribution in [-0.2, 0) is 23.8 Å². The molecule has 2 aromatic rings. The van der Waals surface area contributed by atoms with E-state index in [2.05, 4.69) is 29.6 Å². The Bertz CT molecular complexity index is 1070. The van der Waals surface area contributed by atoms with E-state index in [0.29, 0.717) is 19.6 Å². The summed E-state index contributed by atoms with van der Waals surface area (Å²) in [6.07, 6.45) is -1.66. The van der Waals surface area contributed by atoms with Crippen molar-refractivity contribution in [3.63, 3.8) is 0 Å². The van der Waals surface area contributed by atoms with Crippen molar-refractivity contribution in [1.82, 2.24) is 10.2 Å². The molecule has 0 aromatic heterocycles. The second kappa shape index (κ2) is 10.1.